The lowest BCUT2D eigenvalue weighted by Crippen LogP contribution is -2.46. The van der Waals surface area contributed by atoms with Crippen molar-refractivity contribution < 1.29 is 13.2 Å². The first kappa shape index (κ1) is 20.4. The summed E-state index contributed by atoms with van der Waals surface area (Å²) in [5, 5.41) is 3.04. The summed E-state index contributed by atoms with van der Waals surface area (Å²) >= 11 is 0. The molecule has 152 valence electrons. The Morgan fingerprint density at radius 2 is 1.81 bits per heavy atom. The van der Waals surface area contributed by atoms with Crippen molar-refractivity contribution in [2.45, 2.75) is 62.3 Å². The normalized spacial score (nSPS) is 21.1. The van der Waals surface area contributed by atoms with E-state index in [0.29, 0.717) is 31.2 Å². The van der Waals surface area contributed by atoms with Crippen LogP contribution in [0.2, 0.25) is 0 Å². The number of carbonyl (C=O) groups is 1. The maximum atomic E-state index is 12.9. The molecule has 2 aliphatic rings. The summed E-state index contributed by atoms with van der Waals surface area (Å²) in [6, 6.07) is 1.43. The van der Waals surface area contributed by atoms with Crippen molar-refractivity contribution in [1.82, 2.24) is 14.2 Å². The van der Waals surface area contributed by atoms with Gasteiger partial charge in [-0.05, 0) is 37.7 Å². The van der Waals surface area contributed by atoms with Gasteiger partial charge in [0.2, 0.25) is 10.0 Å². The molecule has 1 aliphatic carbocycles. The summed E-state index contributed by atoms with van der Waals surface area (Å²) in [4.78, 5) is 13.0. The minimum Gasteiger partial charge on any atom is -0.346 e. The van der Waals surface area contributed by atoms with Crippen LogP contribution in [-0.4, -0.2) is 48.9 Å². The van der Waals surface area contributed by atoms with E-state index in [2.05, 4.69) is 5.32 Å². The fraction of sp³-hybridized carbons (Fsp3) is 0.737. The Labute approximate surface area is 162 Å². The molecule has 1 atom stereocenters. The van der Waals surface area contributed by atoms with E-state index >= 15 is 0 Å². The Morgan fingerprint density at radius 3 is 2.44 bits per heavy atom. The minimum absolute atomic E-state index is 0.0603. The average molecular weight is 397 g/mol. The van der Waals surface area contributed by atoms with E-state index < -0.39 is 10.0 Å². The molecule has 1 amide bonds. The SMILES string of the molecule is Cn1cc(S(=O)(=O)N2CCCCC2)cc1C(=O)NC(CN)C1CCCCC1. The molecule has 1 unspecified atom stereocenters. The average Bonchev–Trinajstić information content (AvgIpc) is 3.10. The molecule has 1 saturated heterocycles. The van der Waals surface area contributed by atoms with E-state index in [1.54, 1.807) is 11.6 Å². The van der Waals surface area contributed by atoms with E-state index in [9.17, 15) is 13.2 Å². The van der Waals surface area contributed by atoms with Crippen LogP contribution in [0.25, 0.3) is 0 Å². The molecular formula is C19H32N4O3S. The van der Waals surface area contributed by atoms with Gasteiger partial charge in [0.1, 0.15) is 10.6 Å². The monoisotopic (exact) mass is 396 g/mol. The van der Waals surface area contributed by atoms with Crippen LogP contribution < -0.4 is 11.1 Å². The number of carbonyl (C=O) groups excluding carboxylic acids is 1. The lowest BCUT2D eigenvalue weighted by atomic mass is 9.84. The highest BCUT2D eigenvalue weighted by Crippen LogP contribution is 2.27. The number of aryl methyl sites for hydroxylation is 1. The Bertz CT molecular complexity index is 747. The molecule has 3 N–H and O–H groups in total. The van der Waals surface area contributed by atoms with Crippen LogP contribution in [0, 0.1) is 5.92 Å². The van der Waals surface area contributed by atoms with Crippen molar-refractivity contribution in [1.29, 1.82) is 0 Å². The number of piperidine rings is 1. The molecule has 0 aromatic carbocycles. The third kappa shape index (κ3) is 4.55. The van der Waals surface area contributed by atoms with Crippen LogP contribution in [-0.2, 0) is 17.1 Å². The van der Waals surface area contributed by atoms with Gasteiger partial charge in [-0.1, -0.05) is 25.7 Å². The molecule has 0 radical (unpaired) electrons. The van der Waals surface area contributed by atoms with Gasteiger partial charge < -0.3 is 15.6 Å². The topological polar surface area (TPSA) is 97.4 Å². The van der Waals surface area contributed by atoms with Crippen LogP contribution in [0.15, 0.2) is 17.2 Å². The van der Waals surface area contributed by atoms with Gasteiger partial charge in [0, 0.05) is 38.9 Å². The zero-order valence-corrected chi connectivity index (χ0v) is 17.0. The second-order valence-electron chi connectivity index (χ2n) is 7.85. The highest BCUT2D eigenvalue weighted by molar-refractivity contribution is 7.89. The highest BCUT2D eigenvalue weighted by atomic mass is 32.2. The third-order valence-corrected chi connectivity index (χ3v) is 7.82. The minimum atomic E-state index is -3.54. The first-order valence-corrected chi connectivity index (χ1v) is 11.5. The van der Waals surface area contributed by atoms with Crippen molar-refractivity contribution in [3.05, 3.63) is 18.0 Å². The quantitative estimate of drug-likeness (QED) is 0.767. The van der Waals surface area contributed by atoms with Gasteiger partial charge in [0.05, 0.1) is 0 Å². The Balaban J connectivity index is 1.73. The van der Waals surface area contributed by atoms with Crippen LogP contribution in [0.4, 0.5) is 0 Å². The number of amides is 1. The molecule has 3 rings (SSSR count). The summed E-state index contributed by atoms with van der Waals surface area (Å²) < 4.78 is 28.8. The van der Waals surface area contributed by atoms with E-state index in [4.69, 9.17) is 5.73 Å². The summed E-state index contributed by atoms with van der Waals surface area (Å²) in [7, 11) is -1.83. The fourth-order valence-corrected chi connectivity index (χ4v) is 5.89. The number of aromatic nitrogens is 1. The molecule has 2 heterocycles. The Hall–Kier alpha value is -1.38. The van der Waals surface area contributed by atoms with Gasteiger partial charge in [-0.3, -0.25) is 4.79 Å². The molecule has 1 aliphatic heterocycles. The van der Waals surface area contributed by atoms with Crippen LogP contribution in [0.3, 0.4) is 0 Å². The maximum absolute atomic E-state index is 12.9. The largest absolute Gasteiger partial charge is 0.346 e. The molecule has 1 aromatic heterocycles. The van der Waals surface area contributed by atoms with Gasteiger partial charge in [0.25, 0.3) is 5.91 Å². The summed E-state index contributed by atoms with van der Waals surface area (Å²) in [6.07, 6.45) is 10.2. The van der Waals surface area contributed by atoms with E-state index in [1.165, 1.54) is 35.8 Å². The van der Waals surface area contributed by atoms with Crippen molar-refractivity contribution in [3.8, 4) is 0 Å². The second-order valence-corrected chi connectivity index (χ2v) is 9.79. The zero-order chi connectivity index (χ0) is 19.4. The molecule has 8 heteroatoms. The van der Waals surface area contributed by atoms with Crippen LogP contribution >= 0.6 is 0 Å². The first-order valence-electron chi connectivity index (χ1n) is 10.1. The van der Waals surface area contributed by atoms with Crippen molar-refractivity contribution >= 4 is 15.9 Å². The van der Waals surface area contributed by atoms with E-state index in [0.717, 1.165) is 32.1 Å². The second kappa shape index (κ2) is 8.75. The van der Waals surface area contributed by atoms with Crippen molar-refractivity contribution in [3.63, 3.8) is 0 Å². The summed E-state index contributed by atoms with van der Waals surface area (Å²) in [5.74, 6) is 0.156. The number of nitrogens with one attached hydrogen (secondary N) is 1. The number of rotatable bonds is 6. The summed E-state index contributed by atoms with van der Waals surface area (Å²) in [5.41, 5.74) is 6.28. The molecule has 27 heavy (non-hydrogen) atoms. The van der Waals surface area contributed by atoms with Crippen LogP contribution in [0.1, 0.15) is 61.9 Å². The number of hydrogen-bond donors (Lipinski definition) is 2. The number of nitrogens with zero attached hydrogens (tertiary/aromatic N) is 2. The molecule has 1 saturated carbocycles. The first-order chi connectivity index (χ1) is 12.9. The maximum Gasteiger partial charge on any atom is 0.268 e. The molecule has 7 nitrogen and oxygen atoms in total. The molecule has 0 spiro atoms. The van der Waals surface area contributed by atoms with Gasteiger partial charge in [-0.15, -0.1) is 0 Å². The predicted octanol–water partition coefficient (Wildman–Crippen LogP) is 1.84. The van der Waals surface area contributed by atoms with Gasteiger partial charge >= 0.3 is 0 Å². The highest BCUT2D eigenvalue weighted by Gasteiger charge is 2.30. The molecule has 2 fully saturated rings. The lowest BCUT2D eigenvalue weighted by molar-refractivity contribution is 0.0907. The number of sulfonamides is 1. The number of nitrogens with two attached hydrogens (primary N) is 1. The van der Waals surface area contributed by atoms with Gasteiger partial charge in [-0.2, -0.15) is 4.31 Å². The Morgan fingerprint density at radius 1 is 1.19 bits per heavy atom. The lowest BCUT2D eigenvalue weighted by Gasteiger charge is -2.30. The molecule has 1 aromatic rings. The Kier molecular flexibility index (Phi) is 6.60. The van der Waals surface area contributed by atoms with Crippen molar-refractivity contribution in [2.24, 2.45) is 18.7 Å². The van der Waals surface area contributed by atoms with E-state index in [-0.39, 0.29) is 16.8 Å². The van der Waals surface area contributed by atoms with Crippen molar-refractivity contribution in [2.75, 3.05) is 19.6 Å². The smallest absolute Gasteiger partial charge is 0.268 e. The number of hydrogen-bond acceptors (Lipinski definition) is 4. The molecule has 0 bridgehead atoms. The van der Waals surface area contributed by atoms with Gasteiger partial charge in [-0.25, -0.2) is 8.42 Å². The third-order valence-electron chi connectivity index (χ3n) is 5.95. The van der Waals surface area contributed by atoms with E-state index in [1.807, 2.05) is 0 Å². The molecular weight excluding hydrogens is 364 g/mol. The van der Waals surface area contributed by atoms with Gasteiger partial charge in [0.15, 0.2) is 0 Å². The van der Waals surface area contributed by atoms with Crippen LogP contribution in [0.5, 0.6) is 0 Å². The predicted molar refractivity (Wildman–Crippen MR) is 105 cm³/mol. The summed E-state index contributed by atoms with van der Waals surface area (Å²) in [6.45, 7) is 1.51. The fourth-order valence-electron chi connectivity index (χ4n) is 4.30. The zero-order valence-electron chi connectivity index (χ0n) is 16.2. The standard InChI is InChI=1S/C19H32N4O3S/c1-22-14-16(27(25,26)23-10-6-3-7-11-23)12-18(22)19(24)21-17(13-20)15-8-4-2-5-9-15/h12,14-15,17H,2-11,13,20H2,1H3,(H,21,24).